The molecule has 1 aromatic carbocycles. The van der Waals surface area contributed by atoms with E-state index in [1.807, 2.05) is 6.07 Å². The van der Waals surface area contributed by atoms with Gasteiger partial charge in [-0.3, -0.25) is 9.59 Å². The zero-order chi connectivity index (χ0) is 15.0. The zero-order valence-corrected chi connectivity index (χ0v) is 12.0. The Hall–Kier alpha value is -1.88. The third-order valence-corrected chi connectivity index (χ3v) is 4.67. The second kappa shape index (κ2) is 5.48. The Morgan fingerprint density at radius 2 is 1.95 bits per heavy atom. The summed E-state index contributed by atoms with van der Waals surface area (Å²) < 4.78 is 0. The fourth-order valence-corrected chi connectivity index (χ4v) is 3.43. The quantitative estimate of drug-likeness (QED) is 0.856. The number of benzene rings is 1. The molecule has 1 fully saturated rings. The Morgan fingerprint density at radius 3 is 2.67 bits per heavy atom. The Labute approximate surface area is 124 Å². The average Bonchev–Trinajstić information content (AvgIpc) is 2.90. The number of carbonyl (C=O) groups excluding carboxylic acids is 2. The Morgan fingerprint density at radius 1 is 1.19 bits per heavy atom. The molecule has 2 atom stereocenters. The number of hydrogen-bond donors (Lipinski definition) is 2. The average molecular weight is 287 g/mol. The van der Waals surface area contributed by atoms with Gasteiger partial charge in [-0.2, -0.15) is 0 Å². The molecule has 1 heterocycles. The summed E-state index contributed by atoms with van der Waals surface area (Å²) in [5.41, 5.74) is 13.8. The second-order valence-corrected chi connectivity index (χ2v) is 6.00. The summed E-state index contributed by atoms with van der Waals surface area (Å²) in [6.45, 7) is 0.666. The van der Waals surface area contributed by atoms with Gasteiger partial charge in [-0.1, -0.05) is 18.9 Å². The molecule has 21 heavy (non-hydrogen) atoms. The molecule has 0 radical (unpaired) electrons. The molecule has 112 valence electrons. The van der Waals surface area contributed by atoms with Gasteiger partial charge in [0.15, 0.2) is 0 Å². The molecule has 2 aliphatic rings. The van der Waals surface area contributed by atoms with Crippen molar-refractivity contribution >= 4 is 17.5 Å². The lowest BCUT2D eigenvalue weighted by atomic mass is 9.84. The number of hydrogen-bond acceptors (Lipinski definition) is 3. The summed E-state index contributed by atoms with van der Waals surface area (Å²) in [5, 5.41) is 0. The van der Waals surface area contributed by atoms with Crippen molar-refractivity contribution in [2.75, 3.05) is 11.4 Å². The minimum absolute atomic E-state index is 0.0466. The van der Waals surface area contributed by atoms with Gasteiger partial charge in [0.25, 0.3) is 0 Å². The van der Waals surface area contributed by atoms with Crippen LogP contribution in [0.15, 0.2) is 18.2 Å². The van der Waals surface area contributed by atoms with Crippen LogP contribution in [0, 0.1) is 5.92 Å². The molecule has 5 nitrogen and oxygen atoms in total. The first kappa shape index (κ1) is 14.1. The Bertz CT molecular complexity index is 585. The van der Waals surface area contributed by atoms with Gasteiger partial charge in [0, 0.05) is 23.8 Å². The van der Waals surface area contributed by atoms with Crippen LogP contribution in [0.2, 0.25) is 0 Å². The lowest BCUT2D eigenvalue weighted by Crippen LogP contribution is -2.45. The molecule has 5 heteroatoms. The molecule has 1 aliphatic heterocycles. The first-order chi connectivity index (χ1) is 10.1. The van der Waals surface area contributed by atoms with Crippen LogP contribution in [0.5, 0.6) is 0 Å². The van der Waals surface area contributed by atoms with Crippen molar-refractivity contribution in [1.29, 1.82) is 0 Å². The number of amides is 2. The summed E-state index contributed by atoms with van der Waals surface area (Å²) in [7, 11) is 0. The highest BCUT2D eigenvalue weighted by Gasteiger charge is 2.34. The summed E-state index contributed by atoms with van der Waals surface area (Å²) >= 11 is 0. The van der Waals surface area contributed by atoms with Crippen LogP contribution in [0.3, 0.4) is 0 Å². The van der Waals surface area contributed by atoms with E-state index in [0.29, 0.717) is 12.1 Å². The fourth-order valence-electron chi connectivity index (χ4n) is 3.43. The van der Waals surface area contributed by atoms with E-state index in [2.05, 4.69) is 0 Å². The minimum atomic E-state index is -0.466. The lowest BCUT2D eigenvalue weighted by molar-refractivity contribution is -0.123. The number of rotatable bonds is 2. The maximum atomic E-state index is 12.8. The van der Waals surface area contributed by atoms with Crippen molar-refractivity contribution in [3.8, 4) is 0 Å². The molecule has 2 amide bonds. The van der Waals surface area contributed by atoms with Crippen molar-refractivity contribution in [2.45, 2.75) is 38.1 Å². The molecule has 0 spiro atoms. The maximum absolute atomic E-state index is 12.8. The van der Waals surface area contributed by atoms with Crippen LogP contribution in [-0.4, -0.2) is 24.4 Å². The molecule has 4 N–H and O–H groups in total. The predicted molar refractivity (Wildman–Crippen MR) is 81.0 cm³/mol. The molecular formula is C16H21N3O2. The molecule has 1 aliphatic carbocycles. The van der Waals surface area contributed by atoms with Gasteiger partial charge in [0.1, 0.15) is 0 Å². The van der Waals surface area contributed by atoms with Crippen LogP contribution in [0.1, 0.15) is 41.6 Å². The summed E-state index contributed by atoms with van der Waals surface area (Å²) in [6, 6.07) is 5.30. The Balaban J connectivity index is 1.87. The molecular weight excluding hydrogens is 266 g/mol. The molecule has 1 saturated carbocycles. The van der Waals surface area contributed by atoms with E-state index >= 15 is 0 Å². The normalized spacial score (nSPS) is 24.7. The molecule has 0 unspecified atom stereocenters. The van der Waals surface area contributed by atoms with Gasteiger partial charge in [-0.15, -0.1) is 0 Å². The third-order valence-electron chi connectivity index (χ3n) is 4.67. The number of nitrogens with zero attached hydrogens (tertiary/aromatic N) is 1. The van der Waals surface area contributed by atoms with E-state index in [-0.39, 0.29) is 17.9 Å². The topological polar surface area (TPSA) is 89.4 Å². The number of primary amides is 1. The van der Waals surface area contributed by atoms with E-state index in [4.69, 9.17) is 11.5 Å². The van der Waals surface area contributed by atoms with Crippen molar-refractivity contribution in [1.82, 2.24) is 0 Å². The van der Waals surface area contributed by atoms with Crippen LogP contribution >= 0.6 is 0 Å². The van der Waals surface area contributed by atoms with Gasteiger partial charge in [-0.25, -0.2) is 0 Å². The lowest BCUT2D eigenvalue weighted by Gasteiger charge is -2.31. The molecule has 0 aromatic heterocycles. The van der Waals surface area contributed by atoms with Gasteiger partial charge < -0.3 is 16.4 Å². The van der Waals surface area contributed by atoms with Crippen LogP contribution in [0.4, 0.5) is 5.69 Å². The van der Waals surface area contributed by atoms with Crippen LogP contribution in [0.25, 0.3) is 0 Å². The third kappa shape index (κ3) is 2.53. The smallest absolute Gasteiger partial charge is 0.248 e. The standard InChI is InChI=1S/C16H21N3O2/c17-13-4-2-1-3-12(13)16(21)19-8-7-10-5-6-11(15(18)20)9-14(10)19/h5-6,9,12-13H,1-4,7-8,17H2,(H2,18,20)/t12-,13-/m1/s1. The first-order valence-electron chi connectivity index (χ1n) is 7.57. The monoisotopic (exact) mass is 287 g/mol. The number of nitrogens with two attached hydrogens (primary N) is 2. The Kier molecular flexibility index (Phi) is 3.68. The molecule has 1 aromatic rings. The zero-order valence-electron chi connectivity index (χ0n) is 12.0. The highest BCUT2D eigenvalue weighted by atomic mass is 16.2. The minimum Gasteiger partial charge on any atom is -0.366 e. The highest BCUT2D eigenvalue weighted by molar-refractivity contribution is 6.00. The molecule has 0 saturated heterocycles. The second-order valence-electron chi connectivity index (χ2n) is 6.00. The van der Waals surface area contributed by atoms with Gasteiger partial charge in [0.2, 0.25) is 11.8 Å². The maximum Gasteiger partial charge on any atom is 0.248 e. The summed E-state index contributed by atoms with van der Waals surface area (Å²) in [4.78, 5) is 25.9. The first-order valence-corrected chi connectivity index (χ1v) is 7.57. The van der Waals surface area contributed by atoms with Gasteiger partial charge in [-0.05, 0) is 37.0 Å². The molecule has 0 bridgehead atoms. The highest BCUT2D eigenvalue weighted by Crippen LogP contribution is 2.33. The summed E-state index contributed by atoms with van der Waals surface area (Å²) in [6.07, 6.45) is 4.77. The van der Waals surface area contributed by atoms with E-state index in [0.717, 1.165) is 43.4 Å². The van der Waals surface area contributed by atoms with Crippen LogP contribution in [-0.2, 0) is 11.2 Å². The van der Waals surface area contributed by atoms with Crippen molar-refractivity contribution in [2.24, 2.45) is 17.4 Å². The van der Waals surface area contributed by atoms with Crippen molar-refractivity contribution in [3.05, 3.63) is 29.3 Å². The SMILES string of the molecule is NC(=O)c1ccc2c(c1)N(C(=O)[C@@H]1CCCC[C@H]1N)CC2. The fraction of sp³-hybridized carbons (Fsp3) is 0.500. The number of fused-ring (bicyclic) bond motifs is 1. The largest absolute Gasteiger partial charge is 0.366 e. The predicted octanol–water partition coefficient (Wildman–Crippen LogP) is 1.19. The van der Waals surface area contributed by atoms with E-state index in [1.54, 1.807) is 17.0 Å². The van der Waals surface area contributed by atoms with E-state index in [9.17, 15) is 9.59 Å². The van der Waals surface area contributed by atoms with Gasteiger partial charge >= 0.3 is 0 Å². The van der Waals surface area contributed by atoms with Crippen LogP contribution < -0.4 is 16.4 Å². The van der Waals surface area contributed by atoms with E-state index < -0.39 is 5.91 Å². The van der Waals surface area contributed by atoms with Gasteiger partial charge in [0.05, 0.1) is 5.92 Å². The molecule has 3 rings (SSSR count). The van der Waals surface area contributed by atoms with Crippen molar-refractivity contribution < 1.29 is 9.59 Å². The number of carbonyl (C=O) groups is 2. The number of anilines is 1. The van der Waals surface area contributed by atoms with E-state index in [1.165, 1.54) is 0 Å². The summed E-state index contributed by atoms with van der Waals surface area (Å²) in [5.74, 6) is -0.462. The van der Waals surface area contributed by atoms with Crippen molar-refractivity contribution in [3.63, 3.8) is 0 Å².